The highest BCUT2D eigenvalue weighted by atomic mass is 15.2. The molecule has 1 heteroatoms. The summed E-state index contributed by atoms with van der Waals surface area (Å²) in [6, 6.07) is 0. The van der Waals surface area contributed by atoms with E-state index >= 15 is 0 Å². The maximum absolute atomic E-state index is 2.80. The predicted molar refractivity (Wildman–Crippen MR) is 61.5 cm³/mol. The zero-order valence-corrected chi connectivity index (χ0v) is 9.89. The normalized spacial score (nSPS) is 25.9. The van der Waals surface area contributed by atoms with Crippen LogP contribution in [0, 0.1) is 5.92 Å². The van der Waals surface area contributed by atoms with Crippen LogP contribution in [0.1, 0.15) is 58.8 Å². The number of fused-ring (bicyclic) bond motifs is 1. The number of nitrogens with zero attached hydrogens (tertiary/aromatic N) is 1. The molecule has 0 unspecified atom stereocenters. The number of rotatable bonds is 4. The summed E-state index contributed by atoms with van der Waals surface area (Å²) in [7, 11) is 0. The van der Waals surface area contributed by atoms with E-state index in [1.54, 1.807) is 0 Å². The minimum absolute atomic E-state index is 0.663. The smallest absolute Gasteiger partial charge is 0.0213 e. The summed E-state index contributed by atoms with van der Waals surface area (Å²) in [5, 5.41) is 0. The first-order valence-corrected chi connectivity index (χ1v) is 6.56. The molecular weight excluding hydrogens is 170 g/mol. The van der Waals surface area contributed by atoms with Gasteiger partial charge in [-0.3, -0.25) is 4.90 Å². The molecule has 0 atom stereocenters. The Morgan fingerprint density at radius 2 is 1.64 bits per heavy atom. The average molecular weight is 195 g/mol. The van der Waals surface area contributed by atoms with Gasteiger partial charge in [0.1, 0.15) is 0 Å². The Morgan fingerprint density at radius 1 is 1.07 bits per heavy atom. The van der Waals surface area contributed by atoms with Crippen molar-refractivity contribution in [3.8, 4) is 0 Å². The Morgan fingerprint density at radius 3 is 2.14 bits per heavy atom. The molecule has 82 valence electrons. The quantitative estimate of drug-likeness (QED) is 0.664. The molecule has 2 fully saturated rings. The fourth-order valence-electron chi connectivity index (χ4n) is 3.67. The van der Waals surface area contributed by atoms with Gasteiger partial charge in [-0.15, -0.1) is 0 Å². The molecule has 0 bridgehead atoms. The highest BCUT2D eigenvalue weighted by Gasteiger charge is 2.44. The standard InChI is InChI=1S/C13H25N/c1-3-12(4-2)11-13-7-5-9-14(13)10-6-8-13/h12H,3-11H2,1-2H3. The minimum atomic E-state index is 0.663. The molecule has 2 rings (SSSR count). The summed E-state index contributed by atoms with van der Waals surface area (Å²) in [6.45, 7) is 7.50. The molecule has 0 aromatic heterocycles. The van der Waals surface area contributed by atoms with Gasteiger partial charge >= 0.3 is 0 Å². The van der Waals surface area contributed by atoms with Crippen LogP contribution >= 0.6 is 0 Å². The molecular formula is C13H25N. The van der Waals surface area contributed by atoms with Crippen LogP contribution in [-0.4, -0.2) is 23.5 Å². The van der Waals surface area contributed by atoms with Crippen molar-refractivity contribution in [3.63, 3.8) is 0 Å². The van der Waals surface area contributed by atoms with Gasteiger partial charge in [-0.1, -0.05) is 26.7 Å². The minimum Gasteiger partial charge on any atom is -0.298 e. The van der Waals surface area contributed by atoms with Gasteiger partial charge < -0.3 is 0 Å². The molecule has 1 nitrogen and oxygen atoms in total. The van der Waals surface area contributed by atoms with E-state index in [1.165, 1.54) is 58.0 Å². The second-order valence-corrected chi connectivity index (χ2v) is 5.31. The molecule has 2 heterocycles. The topological polar surface area (TPSA) is 3.24 Å². The van der Waals surface area contributed by atoms with Crippen LogP contribution in [0.15, 0.2) is 0 Å². The Balaban J connectivity index is 2.00. The summed E-state index contributed by atoms with van der Waals surface area (Å²) in [5.41, 5.74) is 0.663. The van der Waals surface area contributed by atoms with Crippen molar-refractivity contribution < 1.29 is 0 Å². The van der Waals surface area contributed by atoms with Crippen LogP contribution < -0.4 is 0 Å². The van der Waals surface area contributed by atoms with Crippen molar-refractivity contribution >= 4 is 0 Å². The van der Waals surface area contributed by atoms with Gasteiger partial charge in [0.15, 0.2) is 0 Å². The van der Waals surface area contributed by atoms with E-state index in [1.807, 2.05) is 0 Å². The summed E-state index contributed by atoms with van der Waals surface area (Å²) < 4.78 is 0. The molecule has 2 aliphatic heterocycles. The number of hydrogen-bond donors (Lipinski definition) is 0. The van der Waals surface area contributed by atoms with Crippen LogP contribution in [0.3, 0.4) is 0 Å². The zero-order valence-electron chi connectivity index (χ0n) is 9.89. The third-order valence-electron chi connectivity index (χ3n) is 4.63. The third kappa shape index (κ3) is 1.71. The monoisotopic (exact) mass is 195 g/mol. The first-order valence-electron chi connectivity index (χ1n) is 6.56. The lowest BCUT2D eigenvalue weighted by molar-refractivity contribution is 0.151. The predicted octanol–water partition coefficient (Wildman–Crippen LogP) is 3.44. The molecule has 0 saturated carbocycles. The Bertz CT molecular complexity index is 174. The Kier molecular flexibility index (Phi) is 3.16. The van der Waals surface area contributed by atoms with E-state index in [0.717, 1.165) is 5.92 Å². The summed E-state index contributed by atoms with van der Waals surface area (Å²) in [5.74, 6) is 0.980. The highest BCUT2D eigenvalue weighted by molar-refractivity contribution is 5.00. The summed E-state index contributed by atoms with van der Waals surface area (Å²) in [4.78, 5) is 2.80. The second kappa shape index (κ2) is 4.22. The van der Waals surface area contributed by atoms with Gasteiger partial charge in [-0.2, -0.15) is 0 Å². The molecule has 0 aromatic rings. The van der Waals surface area contributed by atoms with Gasteiger partial charge in [0.2, 0.25) is 0 Å². The lowest BCUT2D eigenvalue weighted by Crippen LogP contribution is -2.39. The first kappa shape index (κ1) is 10.5. The van der Waals surface area contributed by atoms with E-state index in [0.29, 0.717) is 5.54 Å². The van der Waals surface area contributed by atoms with E-state index in [4.69, 9.17) is 0 Å². The molecule has 0 aliphatic carbocycles. The summed E-state index contributed by atoms with van der Waals surface area (Å²) in [6.07, 6.45) is 10.1. The molecule has 2 saturated heterocycles. The maximum Gasteiger partial charge on any atom is 0.0213 e. The summed E-state index contributed by atoms with van der Waals surface area (Å²) >= 11 is 0. The van der Waals surface area contributed by atoms with Crippen molar-refractivity contribution in [3.05, 3.63) is 0 Å². The van der Waals surface area contributed by atoms with Crippen LogP contribution in [0.2, 0.25) is 0 Å². The van der Waals surface area contributed by atoms with Crippen molar-refractivity contribution in [1.82, 2.24) is 4.90 Å². The van der Waals surface area contributed by atoms with Crippen LogP contribution in [-0.2, 0) is 0 Å². The van der Waals surface area contributed by atoms with E-state index in [-0.39, 0.29) is 0 Å². The molecule has 0 spiro atoms. The Hall–Kier alpha value is -0.0400. The van der Waals surface area contributed by atoms with E-state index < -0.39 is 0 Å². The first-order chi connectivity index (χ1) is 6.80. The van der Waals surface area contributed by atoms with Crippen molar-refractivity contribution in [2.75, 3.05) is 13.1 Å². The van der Waals surface area contributed by atoms with Gasteiger partial charge in [-0.25, -0.2) is 0 Å². The van der Waals surface area contributed by atoms with Crippen molar-refractivity contribution in [2.45, 2.75) is 64.3 Å². The molecule has 0 aromatic carbocycles. The molecule has 14 heavy (non-hydrogen) atoms. The Labute approximate surface area is 88.9 Å². The molecule has 2 aliphatic rings. The SMILES string of the molecule is CCC(CC)CC12CCCN1CCC2. The third-order valence-corrected chi connectivity index (χ3v) is 4.63. The van der Waals surface area contributed by atoms with Crippen LogP contribution in [0.25, 0.3) is 0 Å². The second-order valence-electron chi connectivity index (χ2n) is 5.31. The van der Waals surface area contributed by atoms with Gasteiger partial charge in [0.05, 0.1) is 0 Å². The zero-order chi connectivity index (χ0) is 10.0. The van der Waals surface area contributed by atoms with Crippen molar-refractivity contribution in [2.24, 2.45) is 5.92 Å². The fraction of sp³-hybridized carbons (Fsp3) is 1.00. The van der Waals surface area contributed by atoms with Crippen LogP contribution in [0.5, 0.6) is 0 Å². The van der Waals surface area contributed by atoms with Gasteiger partial charge in [0, 0.05) is 5.54 Å². The molecule has 0 radical (unpaired) electrons. The maximum atomic E-state index is 2.80. The van der Waals surface area contributed by atoms with Gasteiger partial charge in [0.25, 0.3) is 0 Å². The highest BCUT2D eigenvalue weighted by Crippen LogP contribution is 2.43. The fourth-order valence-corrected chi connectivity index (χ4v) is 3.67. The van der Waals surface area contributed by atoms with E-state index in [9.17, 15) is 0 Å². The average Bonchev–Trinajstić information content (AvgIpc) is 2.72. The van der Waals surface area contributed by atoms with Crippen LogP contribution in [0.4, 0.5) is 0 Å². The molecule has 0 N–H and O–H groups in total. The lowest BCUT2D eigenvalue weighted by Gasteiger charge is -2.35. The number of hydrogen-bond acceptors (Lipinski definition) is 1. The van der Waals surface area contributed by atoms with E-state index in [2.05, 4.69) is 18.7 Å². The molecule has 0 amide bonds. The largest absolute Gasteiger partial charge is 0.298 e. The van der Waals surface area contributed by atoms with Crippen molar-refractivity contribution in [1.29, 1.82) is 0 Å². The lowest BCUT2D eigenvalue weighted by atomic mass is 9.82. The van der Waals surface area contributed by atoms with Gasteiger partial charge in [-0.05, 0) is 51.1 Å².